The third-order valence-corrected chi connectivity index (χ3v) is 19.7. The molecule has 0 heterocycles. The molecule has 0 radical (unpaired) electrons. The van der Waals surface area contributed by atoms with Crippen LogP contribution in [0.2, 0.25) is 0 Å². The molecular formula is C75H146O17P2. The Morgan fingerprint density at radius 1 is 0.309 bits per heavy atom. The van der Waals surface area contributed by atoms with Crippen LogP contribution in [0.25, 0.3) is 0 Å². The lowest BCUT2D eigenvalue weighted by Gasteiger charge is -2.21. The number of ether oxygens (including phenoxy) is 4. The molecule has 0 aliphatic rings. The van der Waals surface area contributed by atoms with E-state index in [9.17, 15) is 43.2 Å². The Balaban J connectivity index is 5.18. The first-order chi connectivity index (χ1) is 45.4. The van der Waals surface area contributed by atoms with Gasteiger partial charge >= 0.3 is 39.5 Å². The highest BCUT2D eigenvalue weighted by molar-refractivity contribution is 7.47. The molecule has 0 saturated heterocycles. The van der Waals surface area contributed by atoms with Gasteiger partial charge in [-0.1, -0.05) is 337 Å². The summed E-state index contributed by atoms with van der Waals surface area (Å²) in [6.07, 6.45) is 54.1. The summed E-state index contributed by atoms with van der Waals surface area (Å²) in [4.78, 5) is 72.7. The van der Waals surface area contributed by atoms with Crippen LogP contribution < -0.4 is 0 Å². The fraction of sp³-hybridized carbons (Fsp3) is 0.947. The minimum Gasteiger partial charge on any atom is -0.462 e. The van der Waals surface area contributed by atoms with E-state index < -0.39 is 97.5 Å². The number of carbonyl (C=O) groups is 4. The maximum absolute atomic E-state index is 13.1. The molecule has 94 heavy (non-hydrogen) atoms. The summed E-state index contributed by atoms with van der Waals surface area (Å²) in [7, 11) is -9.90. The molecule has 0 saturated carbocycles. The van der Waals surface area contributed by atoms with Crippen molar-refractivity contribution >= 4 is 39.5 Å². The molecule has 0 aromatic heterocycles. The summed E-state index contributed by atoms with van der Waals surface area (Å²) < 4.78 is 68.4. The van der Waals surface area contributed by atoms with E-state index >= 15 is 0 Å². The number of hydrogen-bond donors (Lipinski definition) is 3. The smallest absolute Gasteiger partial charge is 0.462 e. The van der Waals surface area contributed by atoms with Gasteiger partial charge in [0.1, 0.15) is 19.3 Å². The molecule has 0 aromatic carbocycles. The lowest BCUT2D eigenvalue weighted by molar-refractivity contribution is -0.161. The van der Waals surface area contributed by atoms with Crippen molar-refractivity contribution in [3.63, 3.8) is 0 Å². The maximum atomic E-state index is 13.1. The third-order valence-electron chi connectivity index (χ3n) is 17.8. The van der Waals surface area contributed by atoms with Gasteiger partial charge in [-0.25, -0.2) is 9.13 Å². The topological polar surface area (TPSA) is 237 Å². The average Bonchev–Trinajstić information content (AvgIpc) is 1.37. The van der Waals surface area contributed by atoms with E-state index in [-0.39, 0.29) is 25.7 Å². The molecule has 3 N–H and O–H groups in total. The fourth-order valence-corrected chi connectivity index (χ4v) is 13.0. The van der Waals surface area contributed by atoms with E-state index in [2.05, 4.69) is 41.5 Å². The Bertz CT molecular complexity index is 1820. The van der Waals surface area contributed by atoms with Crippen LogP contribution in [0.4, 0.5) is 0 Å². The molecule has 558 valence electrons. The molecule has 3 unspecified atom stereocenters. The Hall–Kier alpha value is -1.94. The average molecular weight is 1380 g/mol. The quantitative estimate of drug-likeness (QED) is 0.0222. The number of hydrogen-bond acceptors (Lipinski definition) is 15. The maximum Gasteiger partial charge on any atom is 0.472 e. The van der Waals surface area contributed by atoms with Crippen molar-refractivity contribution in [3.05, 3.63) is 0 Å². The highest BCUT2D eigenvalue weighted by Gasteiger charge is 2.30. The normalized spacial score (nSPS) is 14.3. The predicted molar refractivity (Wildman–Crippen MR) is 381 cm³/mol. The molecule has 0 fully saturated rings. The highest BCUT2D eigenvalue weighted by atomic mass is 31.2. The van der Waals surface area contributed by atoms with Crippen molar-refractivity contribution in [2.45, 2.75) is 407 Å². The zero-order valence-corrected chi connectivity index (χ0v) is 63.1. The van der Waals surface area contributed by atoms with Crippen molar-refractivity contribution < 1.29 is 80.2 Å². The first-order valence-electron chi connectivity index (χ1n) is 39.0. The zero-order chi connectivity index (χ0) is 69.3. The molecule has 0 bridgehead atoms. The molecule has 0 spiro atoms. The summed E-state index contributed by atoms with van der Waals surface area (Å²) in [6, 6.07) is 0. The lowest BCUT2D eigenvalue weighted by atomic mass is 9.99. The number of phosphoric acid groups is 2. The Kier molecular flexibility index (Phi) is 65.5. The minimum atomic E-state index is -4.96. The molecule has 17 nitrogen and oxygen atoms in total. The second-order valence-corrected chi connectivity index (χ2v) is 30.7. The van der Waals surface area contributed by atoms with Gasteiger partial charge in [-0.15, -0.1) is 0 Å². The summed E-state index contributed by atoms with van der Waals surface area (Å²) in [5.41, 5.74) is 0. The van der Waals surface area contributed by atoms with Crippen LogP contribution in [0.3, 0.4) is 0 Å². The monoisotopic (exact) mass is 1380 g/mol. The fourth-order valence-electron chi connectivity index (χ4n) is 11.4. The number of carbonyl (C=O) groups excluding carboxylic acids is 4. The first kappa shape index (κ1) is 92.1. The van der Waals surface area contributed by atoms with Crippen LogP contribution in [-0.4, -0.2) is 96.7 Å². The van der Waals surface area contributed by atoms with Crippen LogP contribution in [0.15, 0.2) is 0 Å². The SMILES string of the molecule is CCCCCCCCCCCCCCC(=O)O[C@H](COC(=O)CCCCCCCCCCC)COP(=O)(O)OC[C@H](O)COP(=O)(O)OC[C@@H](COC(=O)CCCCCCCCCCC(C)CC)OC(=O)CCCCCCCCCCCCCCCCCCCCC(C)C. The number of phosphoric ester groups is 2. The number of aliphatic hydroxyl groups is 1. The van der Waals surface area contributed by atoms with E-state index in [1.54, 1.807) is 0 Å². The van der Waals surface area contributed by atoms with Gasteiger partial charge in [-0.3, -0.25) is 37.3 Å². The third kappa shape index (κ3) is 67.3. The van der Waals surface area contributed by atoms with Gasteiger partial charge in [0.05, 0.1) is 26.4 Å². The van der Waals surface area contributed by atoms with Crippen molar-refractivity contribution in [2.75, 3.05) is 39.6 Å². The number of aliphatic hydroxyl groups excluding tert-OH is 1. The van der Waals surface area contributed by atoms with E-state index in [0.717, 1.165) is 102 Å². The largest absolute Gasteiger partial charge is 0.472 e. The van der Waals surface area contributed by atoms with Crippen LogP contribution >= 0.6 is 15.6 Å². The molecule has 0 aliphatic carbocycles. The van der Waals surface area contributed by atoms with Gasteiger partial charge < -0.3 is 33.8 Å². The van der Waals surface area contributed by atoms with Crippen molar-refractivity contribution in [2.24, 2.45) is 11.8 Å². The molecule has 6 atom stereocenters. The second-order valence-electron chi connectivity index (χ2n) is 27.8. The standard InChI is InChI=1S/C75H146O17P2/c1-7-10-12-14-16-18-19-29-33-41-47-53-59-74(79)91-70(63-85-72(77)57-51-45-39-31-17-15-13-11-8-2)65-89-93(81,82)87-61-69(76)62-88-94(83,84)90-66-71(64-86-73(78)58-52-46-40-36-35-38-44-50-56-68(6)9-3)92-75(80)60-54-48-42-34-30-27-25-23-21-20-22-24-26-28-32-37-43-49-55-67(4)5/h67-71,76H,7-66H2,1-6H3,(H,81,82)(H,83,84)/t68?,69-,70+,71+/m0/s1. The van der Waals surface area contributed by atoms with Crippen molar-refractivity contribution in [1.29, 1.82) is 0 Å². The predicted octanol–water partition coefficient (Wildman–Crippen LogP) is 21.9. The Labute approximate surface area is 575 Å². The van der Waals surface area contributed by atoms with Gasteiger partial charge in [-0.2, -0.15) is 0 Å². The summed E-state index contributed by atoms with van der Waals surface area (Å²) in [6.45, 7) is 9.61. The second kappa shape index (κ2) is 66.9. The van der Waals surface area contributed by atoms with Gasteiger partial charge in [0.25, 0.3) is 0 Å². The summed E-state index contributed by atoms with van der Waals surface area (Å²) in [5, 5.41) is 10.6. The van der Waals surface area contributed by atoms with E-state index in [1.807, 2.05) is 0 Å². The lowest BCUT2D eigenvalue weighted by Crippen LogP contribution is -2.30. The number of esters is 4. The molecular weight excluding hydrogens is 1230 g/mol. The van der Waals surface area contributed by atoms with Gasteiger partial charge in [0, 0.05) is 25.7 Å². The van der Waals surface area contributed by atoms with E-state index in [0.29, 0.717) is 25.7 Å². The van der Waals surface area contributed by atoms with Crippen LogP contribution in [0.5, 0.6) is 0 Å². The van der Waals surface area contributed by atoms with Gasteiger partial charge in [0.15, 0.2) is 12.2 Å². The number of rotatable bonds is 74. The molecule has 0 aromatic rings. The number of unbranched alkanes of at least 4 members (excludes halogenated alkanes) is 43. The van der Waals surface area contributed by atoms with Crippen LogP contribution in [-0.2, 0) is 65.4 Å². The zero-order valence-electron chi connectivity index (χ0n) is 61.3. The van der Waals surface area contributed by atoms with Crippen LogP contribution in [0, 0.1) is 11.8 Å². The van der Waals surface area contributed by atoms with Crippen LogP contribution in [0.1, 0.15) is 388 Å². The highest BCUT2D eigenvalue weighted by Crippen LogP contribution is 2.45. The van der Waals surface area contributed by atoms with Crippen molar-refractivity contribution in [1.82, 2.24) is 0 Å². The molecule has 0 aliphatic heterocycles. The Morgan fingerprint density at radius 3 is 0.809 bits per heavy atom. The first-order valence-corrected chi connectivity index (χ1v) is 42.0. The van der Waals surface area contributed by atoms with Gasteiger partial charge in [0.2, 0.25) is 0 Å². The Morgan fingerprint density at radius 2 is 0.543 bits per heavy atom. The molecule has 0 amide bonds. The van der Waals surface area contributed by atoms with Crippen molar-refractivity contribution in [3.8, 4) is 0 Å². The molecule has 0 rings (SSSR count). The van der Waals surface area contributed by atoms with Gasteiger partial charge in [-0.05, 0) is 37.5 Å². The van der Waals surface area contributed by atoms with E-state index in [4.69, 9.17) is 37.0 Å². The summed E-state index contributed by atoms with van der Waals surface area (Å²) >= 11 is 0. The summed E-state index contributed by atoms with van der Waals surface area (Å²) in [5.74, 6) is -0.520. The molecule has 19 heteroatoms. The minimum absolute atomic E-state index is 0.107. The van der Waals surface area contributed by atoms with E-state index in [1.165, 1.54) is 205 Å².